The molecule has 0 radical (unpaired) electrons. The van der Waals surface area contributed by atoms with Crippen LogP contribution >= 0.6 is 27.3 Å². The van der Waals surface area contributed by atoms with E-state index in [1.807, 2.05) is 13.2 Å². The van der Waals surface area contributed by atoms with Crippen molar-refractivity contribution in [2.45, 2.75) is 19.5 Å². The van der Waals surface area contributed by atoms with E-state index in [0.29, 0.717) is 0 Å². The Bertz CT molecular complexity index is 524. The largest absolute Gasteiger partial charge is 0.368 e. The van der Waals surface area contributed by atoms with Gasteiger partial charge in [0.05, 0.1) is 24.1 Å². The molecule has 0 saturated carbocycles. The molecular weight excluding hydrogens is 322 g/mol. The van der Waals surface area contributed by atoms with Gasteiger partial charge in [-0.2, -0.15) is 0 Å². The van der Waals surface area contributed by atoms with Crippen LogP contribution in [0.1, 0.15) is 23.5 Å². The number of aromatic nitrogens is 1. The van der Waals surface area contributed by atoms with E-state index in [1.54, 1.807) is 11.3 Å². The van der Waals surface area contributed by atoms with Crippen molar-refractivity contribution < 1.29 is 0 Å². The molecule has 1 N–H and O–H groups in total. The number of nitrogens with zero attached hydrogens (tertiary/aromatic N) is 2. The SMILES string of the molecule is CNC(C)c1ccc(N(C)Cc2cc(Br)cs2)cn1. The average Bonchev–Trinajstić information content (AvgIpc) is 2.83. The minimum Gasteiger partial charge on any atom is -0.368 e. The van der Waals surface area contributed by atoms with Crippen molar-refractivity contribution in [3.8, 4) is 0 Å². The predicted octanol–water partition coefficient (Wildman–Crippen LogP) is 3.82. The quantitative estimate of drug-likeness (QED) is 0.897. The molecule has 2 aromatic rings. The van der Waals surface area contributed by atoms with Gasteiger partial charge in [-0.3, -0.25) is 4.98 Å². The molecule has 2 aromatic heterocycles. The highest BCUT2D eigenvalue weighted by molar-refractivity contribution is 9.10. The number of pyridine rings is 1. The van der Waals surface area contributed by atoms with Crippen LogP contribution in [-0.4, -0.2) is 19.1 Å². The first-order valence-electron chi connectivity index (χ1n) is 6.17. The number of nitrogens with one attached hydrogen (secondary N) is 1. The van der Waals surface area contributed by atoms with Crippen molar-refractivity contribution in [1.29, 1.82) is 0 Å². The summed E-state index contributed by atoms with van der Waals surface area (Å²) in [5.74, 6) is 0. The maximum atomic E-state index is 4.51. The third-order valence-corrected chi connectivity index (χ3v) is 4.79. The van der Waals surface area contributed by atoms with E-state index < -0.39 is 0 Å². The molecule has 0 aliphatic carbocycles. The van der Waals surface area contributed by atoms with Gasteiger partial charge in [0, 0.05) is 27.8 Å². The van der Waals surface area contributed by atoms with E-state index >= 15 is 0 Å². The monoisotopic (exact) mass is 339 g/mol. The highest BCUT2D eigenvalue weighted by Gasteiger charge is 2.07. The van der Waals surface area contributed by atoms with Gasteiger partial charge in [-0.05, 0) is 48.1 Å². The van der Waals surface area contributed by atoms with E-state index in [2.05, 4.69) is 68.7 Å². The first-order chi connectivity index (χ1) is 9.10. The first kappa shape index (κ1) is 14.5. The fourth-order valence-corrected chi connectivity index (χ4v) is 3.29. The van der Waals surface area contributed by atoms with Crippen LogP contribution in [0.15, 0.2) is 34.2 Å². The molecule has 0 bridgehead atoms. The van der Waals surface area contributed by atoms with Gasteiger partial charge in [-0.25, -0.2) is 0 Å². The van der Waals surface area contributed by atoms with Crippen molar-refractivity contribution in [2.24, 2.45) is 0 Å². The van der Waals surface area contributed by atoms with E-state index in [0.717, 1.165) is 22.4 Å². The second-order valence-corrected chi connectivity index (χ2v) is 6.45. The second-order valence-electron chi connectivity index (χ2n) is 4.54. The number of thiophene rings is 1. The second kappa shape index (κ2) is 6.50. The van der Waals surface area contributed by atoms with Crippen molar-refractivity contribution in [3.63, 3.8) is 0 Å². The summed E-state index contributed by atoms with van der Waals surface area (Å²) in [5.41, 5.74) is 2.20. The van der Waals surface area contributed by atoms with Crippen LogP contribution in [0.25, 0.3) is 0 Å². The molecule has 2 rings (SSSR count). The van der Waals surface area contributed by atoms with Crippen molar-refractivity contribution in [3.05, 3.63) is 44.8 Å². The molecule has 0 aromatic carbocycles. The number of hydrogen-bond acceptors (Lipinski definition) is 4. The van der Waals surface area contributed by atoms with Gasteiger partial charge < -0.3 is 10.2 Å². The Balaban J connectivity index is 2.05. The van der Waals surface area contributed by atoms with Gasteiger partial charge in [-0.1, -0.05) is 0 Å². The zero-order chi connectivity index (χ0) is 13.8. The summed E-state index contributed by atoms with van der Waals surface area (Å²) in [6.45, 7) is 3.01. The van der Waals surface area contributed by atoms with E-state index in [4.69, 9.17) is 0 Å². The maximum Gasteiger partial charge on any atom is 0.0571 e. The van der Waals surface area contributed by atoms with E-state index in [1.165, 1.54) is 4.88 Å². The third-order valence-electron chi connectivity index (χ3n) is 3.10. The van der Waals surface area contributed by atoms with Crippen LogP contribution < -0.4 is 10.2 Å². The smallest absolute Gasteiger partial charge is 0.0571 e. The van der Waals surface area contributed by atoms with Crippen molar-refractivity contribution >= 4 is 33.0 Å². The summed E-state index contributed by atoms with van der Waals surface area (Å²) < 4.78 is 1.15. The Hall–Kier alpha value is -0.910. The lowest BCUT2D eigenvalue weighted by atomic mass is 10.2. The average molecular weight is 340 g/mol. The lowest BCUT2D eigenvalue weighted by molar-refractivity contribution is 0.633. The topological polar surface area (TPSA) is 28.2 Å². The minimum absolute atomic E-state index is 0.285. The van der Waals surface area contributed by atoms with Gasteiger partial charge in [0.25, 0.3) is 0 Å². The molecular formula is C14H18BrN3S. The van der Waals surface area contributed by atoms with Crippen molar-refractivity contribution in [2.75, 3.05) is 19.0 Å². The molecule has 1 unspecified atom stereocenters. The van der Waals surface area contributed by atoms with Crippen LogP contribution in [0.3, 0.4) is 0 Å². The third kappa shape index (κ3) is 3.78. The molecule has 0 amide bonds. The normalized spacial score (nSPS) is 12.4. The lowest BCUT2D eigenvalue weighted by Crippen LogP contribution is -2.17. The predicted molar refractivity (Wildman–Crippen MR) is 85.8 cm³/mol. The van der Waals surface area contributed by atoms with Crippen molar-refractivity contribution in [1.82, 2.24) is 10.3 Å². The summed E-state index contributed by atoms with van der Waals surface area (Å²) in [5, 5.41) is 5.30. The standard InChI is InChI=1S/C14H18BrN3S/c1-10(16-2)14-5-4-12(7-17-14)18(3)8-13-6-11(15)9-19-13/h4-7,9-10,16H,8H2,1-3H3. The Morgan fingerprint density at radius 2 is 2.26 bits per heavy atom. The van der Waals surface area contributed by atoms with Gasteiger partial charge in [-0.15, -0.1) is 11.3 Å². The summed E-state index contributed by atoms with van der Waals surface area (Å²) in [4.78, 5) is 8.05. The fraction of sp³-hybridized carbons (Fsp3) is 0.357. The van der Waals surface area contributed by atoms with Crippen LogP contribution in [0, 0.1) is 0 Å². The zero-order valence-corrected chi connectivity index (χ0v) is 13.8. The number of hydrogen-bond donors (Lipinski definition) is 1. The molecule has 0 saturated heterocycles. The summed E-state index contributed by atoms with van der Waals surface area (Å²) in [6.07, 6.45) is 1.94. The molecule has 0 aliphatic heterocycles. The Morgan fingerprint density at radius 1 is 1.47 bits per heavy atom. The van der Waals surface area contributed by atoms with Gasteiger partial charge in [0.2, 0.25) is 0 Å². The lowest BCUT2D eigenvalue weighted by Gasteiger charge is -2.19. The molecule has 3 nitrogen and oxygen atoms in total. The maximum absolute atomic E-state index is 4.51. The van der Waals surface area contributed by atoms with Gasteiger partial charge in [0.15, 0.2) is 0 Å². The molecule has 102 valence electrons. The Morgan fingerprint density at radius 3 is 2.79 bits per heavy atom. The molecule has 2 heterocycles. The van der Waals surface area contributed by atoms with Gasteiger partial charge >= 0.3 is 0 Å². The van der Waals surface area contributed by atoms with Crippen LogP contribution in [0.2, 0.25) is 0 Å². The number of anilines is 1. The van der Waals surface area contributed by atoms with Gasteiger partial charge in [0.1, 0.15) is 0 Å². The van der Waals surface area contributed by atoms with E-state index in [-0.39, 0.29) is 6.04 Å². The minimum atomic E-state index is 0.285. The molecule has 0 aliphatic rings. The highest BCUT2D eigenvalue weighted by Crippen LogP contribution is 2.23. The zero-order valence-electron chi connectivity index (χ0n) is 11.4. The van der Waals surface area contributed by atoms with Crippen LogP contribution in [0.5, 0.6) is 0 Å². The summed E-state index contributed by atoms with van der Waals surface area (Å²) >= 11 is 5.25. The number of rotatable bonds is 5. The van der Waals surface area contributed by atoms with E-state index in [9.17, 15) is 0 Å². The molecule has 0 fully saturated rings. The summed E-state index contributed by atoms with van der Waals surface area (Å²) in [7, 11) is 4.03. The fourth-order valence-electron chi connectivity index (χ4n) is 1.79. The first-order valence-corrected chi connectivity index (χ1v) is 7.84. The molecule has 1 atom stereocenters. The Kier molecular flexibility index (Phi) is 4.96. The highest BCUT2D eigenvalue weighted by atomic mass is 79.9. The molecule has 5 heteroatoms. The molecule has 19 heavy (non-hydrogen) atoms. The van der Waals surface area contributed by atoms with Crippen LogP contribution in [0.4, 0.5) is 5.69 Å². The number of halogens is 1. The van der Waals surface area contributed by atoms with Crippen LogP contribution in [-0.2, 0) is 6.54 Å². The molecule has 0 spiro atoms. The summed E-state index contributed by atoms with van der Waals surface area (Å²) in [6, 6.07) is 6.65. The Labute approximate surface area is 126 Å².